The maximum atomic E-state index is 14.0. The van der Waals surface area contributed by atoms with Crippen LogP contribution >= 0.6 is 11.3 Å². The van der Waals surface area contributed by atoms with E-state index in [1.54, 1.807) is 11.0 Å². The van der Waals surface area contributed by atoms with Crippen LogP contribution in [-0.2, 0) is 14.3 Å². The van der Waals surface area contributed by atoms with Crippen molar-refractivity contribution in [1.82, 2.24) is 0 Å². The number of ether oxygens (including phenoxy) is 2. The van der Waals surface area contributed by atoms with Gasteiger partial charge >= 0.3 is 5.97 Å². The van der Waals surface area contributed by atoms with Gasteiger partial charge in [-0.15, -0.1) is 11.3 Å². The molecule has 0 unspecified atom stereocenters. The Hall–Kier alpha value is -2.18. The highest BCUT2D eigenvalue weighted by atomic mass is 32.1. The van der Waals surface area contributed by atoms with Crippen molar-refractivity contribution in [3.05, 3.63) is 27.5 Å². The van der Waals surface area contributed by atoms with Crippen LogP contribution < -0.4 is 4.90 Å². The van der Waals surface area contributed by atoms with Crippen LogP contribution in [0.15, 0.2) is 17.7 Å². The van der Waals surface area contributed by atoms with Crippen LogP contribution in [0.3, 0.4) is 0 Å². The molecule has 1 saturated carbocycles. The smallest absolute Gasteiger partial charge is 0.348 e. The number of hydrogen-bond donors (Lipinski definition) is 2. The third kappa shape index (κ3) is 7.26. The third-order valence-electron chi connectivity index (χ3n) is 7.68. The molecular weight excluding hydrogens is 502 g/mol. The molecule has 1 aromatic heterocycles. The van der Waals surface area contributed by atoms with E-state index in [9.17, 15) is 19.8 Å². The quantitative estimate of drug-likeness (QED) is 0.353. The lowest BCUT2D eigenvalue weighted by atomic mass is 9.81. The molecule has 2 fully saturated rings. The molecule has 0 aromatic carbocycles. The predicted molar refractivity (Wildman–Crippen MR) is 149 cm³/mol. The van der Waals surface area contributed by atoms with E-state index in [0.717, 1.165) is 30.6 Å². The molecule has 1 amide bonds. The third-order valence-corrected chi connectivity index (χ3v) is 8.71. The minimum Gasteiger partial charge on any atom is -0.477 e. The van der Waals surface area contributed by atoms with E-state index in [1.807, 2.05) is 20.8 Å². The van der Waals surface area contributed by atoms with Crippen molar-refractivity contribution in [3.63, 3.8) is 0 Å². The van der Waals surface area contributed by atoms with E-state index < -0.39 is 11.6 Å². The summed E-state index contributed by atoms with van der Waals surface area (Å²) < 4.78 is 11.3. The zero-order valence-electron chi connectivity index (χ0n) is 23.0. The van der Waals surface area contributed by atoms with E-state index in [1.165, 1.54) is 5.57 Å². The molecule has 2 atom stereocenters. The number of aromatic carboxylic acids is 1. The Kier molecular flexibility index (Phi) is 9.03. The van der Waals surface area contributed by atoms with E-state index in [-0.39, 0.29) is 40.9 Å². The van der Waals surface area contributed by atoms with Crippen molar-refractivity contribution in [2.45, 2.75) is 96.8 Å². The molecule has 7 nitrogen and oxygen atoms in total. The van der Waals surface area contributed by atoms with Crippen molar-refractivity contribution in [2.75, 3.05) is 24.7 Å². The highest BCUT2D eigenvalue weighted by Crippen LogP contribution is 2.40. The highest BCUT2D eigenvalue weighted by Gasteiger charge is 2.41. The van der Waals surface area contributed by atoms with Gasteiger partial charge < -0.3 is 24.6 Å². The topological polar surface area (TPSA) is 96.3 Å². The van der Waals surface area contributed by atoms with E-state index in [4.69, 9.17) is 9.47 Å². The molecule has 2 aliphatic carbocycles. The van der Waals surface area contributed by atoms with Crippen molar-refractivity contribution in [1.29, 1.82) is 0 Å². The van der Waals surface area contributed by atoms with Crippen molar-refractivity contribution in [3.8, 4) is 11.8 Å². The Balaban J connectivity index is 1.60. The van der Waals surface area contributed by atoms with E-state index >= 15 is 0 Å². The lowest BCUT2D eigenvalue weighted by Gasteiger charge is -2.42. The summed E-state index contributed by atoms with van der Waals surface area (Å²) in [4.78, 5) is 28.9. The first kappa shape index (κ1) is 28.8. The number of carbonyl (C=O) groups excluding carboxylic acids is 1. The monoisotopic (exact) mass is 543 g/mol. The van der Waals surface area contributed by atoms with Crippen LogP contribution in [0.25, 0.3) is 0 Å². The fraction of sp³-hybridized carbons (Fsp3) is 0.667. The van der Waals surface area contributed by atoms with Crippen molar-refractivity contribution >= 4 is 28.9 Å². The fourth-order valence-corrected chi connectivity index (χ4v) is 6.21. The average Bonchev–Trinajstić information content (AvgIpc) is 3.53. The summed E-state index contributed by atoms with van der Waals surface area (Å²) >= 11 is 1.13. The number of carboxylic acid groups (broad SMARTS) is 1. The molecule has 0 spiro atoms. The second-order valence-electron chi connectivity index (χ2n) is 12.1. The zero-order valence-corrected chi connectivity index (χ0v) is 23.9. The molecule has 208 valence electrons. The number of allylic oxidation sites excluding steroid dienone is 2. The van der Waals surface area contributed by atoms with Crippen LogP contribution in [-0.4, -0.2) is 59.7 Å². The van der Waals surface area contributed by atoms with Crippen molar-refractivity contribution in [2.24, 2.45) is 11.3 Å². The number of rotatable bonds is 7. The molecule has 2 heterocycles. The Bertz CT molecular complexity index is 1110. The second-order valence-corrected chi connectivity index (χ2v) is 13.2. The van der Waals surface area contributed by atoms with Gasteiger partial charge in [-0.05, 0) is 85.1 Å². The number of hydrogen-bond acceptors (Lipinski definition) is 6. The minimum atomic E-state index is -1.05. The van der Waals surface area contributed by atoms with E-state index in [2.05, 4.69) is 24.8 Å². The fourth-order valence-electron chi connectivity index (χ4n) is 5.37. The molecule has 0 radical (unpaired) electrons. The lowest BCUT2D eigenvalue weighted by Crippen LogP contribution is -2.50. The van der Waals surface area contributed by atoms with Gasteiger partial charge in [0.25, 0.3) is 0 Å². The molecule has 1 aromatic rings. The first-order valence-electron chi connectivity index (χ1n) is 13.7. The standard InChI is InChI=1S/C30H41NO6S/c1-20-5-7-21(8-6-20)27(32)31(25-17-24(11-13-29(2,3)4)38-26(25)28(33)34)22-9-14-30(35,15-10-22)19-37-23-12-16-36-18-23/h5,17,21-23,35H,6-10,12,14-16,18-19H2,1-4H3,(H,33,34)/t21-,22-,23-,30+/m0/s1. The van der Waals surface area contributed by atoms with Gasteiger partial charge in [0.15, 0.2) is 0 Å². The summed E-state index contributed by atoms with van der Waals surface area (Å²) in [7, 11) is 0. The summed E-state index contributed by atoms with van der Waals surface area (Å²) in [6, 6.07) is 1.58. The van der Waals surface area contributed by atoms with E-state index in [0.29, 0.717) is 55.9 Å². The normalized spacial score (nSPS) is 27.8. The zero-order chi connectivity index (χ0) is 27.5. The number of thiophene rings is 1. The van der Waals surface area contributed by atoms with Crippen LogP contribution in [0.1, 0.15) is 93.6 Å². The van der Waals surface area contributed by atoms with Gasteiger partial charge in [0.2, 0.25) is 5.91 Å². The van der Waals surface area contributed by atoms with Gasteiger partial charge in [-0.3, -0.25) is 4.79 Å². The molecular formula is C30H41NO6S. The Labute approximate surface area is 230 Å². The average molecular weight is 544 g/mol. The molecule has 1 saturated heterocycles. The number of carbonyl (C=O) groups is 2. The van der Waals surface area contributed by atoms with Crippen LogP contribution in [0, 0.1) is 23.2 Å². The molecule has 2 N–H and O–H groups in total. The first-order valence-corrected chi connectivity index (χ1v) is 14.6. The molecule has 3 aliphatic rings. The molecule has 1 aliphatic heterocycles. The largest absolute Gasteiger partial charge is 0.477 e. The van der Waals surface area contributed by atoms with Gasteiger partial charge in [-0.25, -0.2) is 4.79 Å². The lowest BCUT2D eigenvalue weighted by molar-refractivity contribution is -0.124. The van der Waals surface area contributed by atoms with Gasteiger partial charge in [0.05, 0.1) is 35.5 Å². The molecule has 4 rings (SSSR count). The van der Waals surface area contributed by atoms with Crippen LogP contribution in [0.2, 0.25) is 0 Å². The van der Waals surface area contributed by atoms with Gasteiger partial charge in [0, 0.05) is 24.0 Å². The first-order chi connectivity index (χ1) is 17.9. The van der Waals surface area contributed by atoms with Crippen molar-refractivity contribution < 1.29 is 29.3 Å². The summed E-state index contributed by atoms with van der Waals surface area (Å²) in [5.74, 6) is 5.05. The Morgan fingerprint density at radius 3 is 2.55 bits per heavy atom. The number of nitrogens with zero attached hydrogens (tertiary/aromatic N) is 1. The molecule has 0 bridgehead atoms. The summed E-state index contributed by atoms with van der Waals surface area (Å²) in [6.07, 6.45) is 7.41. The number of carboxylic acids is 1. The number of aliphatic hydroxyl groups is 1. The predicted octanol–water partition coefficient (Wildman–Crippen LogP) is 5.40. The minimum absolute atomic E-state index is 0.0224. The van der Waals surface area contributed by atoms with Crippen LogP contribution in [0.5, 0.6) is 0 Å². The SMILES string of the molecule is CC1=CC[C@H](C(=O)N(c2cc(C#CC(C)(C)C)sc2C(=O)O)[C@H]2CC[C@](O)(CO[C@H]3CCOC3)CC2)CC1. The highest BCUT2D eigenvalue weighted by molar-refractivity contribution is 7.15. The van der Waals surface area contributed by atoms with Gasteiger partial charge in [0.1, 0.15) is 4.88 Å². The Morgan fingerprint density at radius 2 is 1.97 bits per heavy atom. The molecule has 8 heteroatoms. The Morgan fingerprint density at radius 1 is 1.24 bits per heavy atom. The maximum Gasteiger partial charge on any atom is 0.348 e. The van der Waals surface area contributed by atoms with Gasteiger partial charge in [-0.1, -0.05) is 23.5 Å². The summed E-state index contributed by atoms with van der Waals surface area (Å²) in [5.41, 5.74) is 0.548. The van der Waals surface area contributed by atoms with Crippen LogP contribution in [0.4, 0.5) is 5.69 Å². The summed E-state index contributed by atoms with van der Waals surface area (Å²) in [5, 5.41) is 21.3. The molecule has 38 heavy (non-hydrogen) atoms. The summed E-state index contributed by atoms with van der Waals surface area (Å²) in [6.45, 7) is 9.61. The number of anilines is 1. The second kappa shape index (κ2) is 11.9. The maximum absolute atomic E-state index is 14.0. The number of amides is 1. The van der Waals surface area contributed by atoms with Gasteiger partial charge in [-0.2, -0.15) is 0 Å².